The van der Waals surface area contributed by atoms with Gasteiger partial charge in [-0.05, 0) is 28.7 Å². The molecule has 0 saturated heterocycles. The van der Waals surface area contributed by atoms with Crippen molar-refractivity contribution in [3.8, 4) is 0 Å². The first kappa shape index (κ1) is 12.6. The number of hydrogen-bond acceptors (Lipinski definition) is 2. The Bertz CT molecular complexity index is 400. The number of carbonyl (C=O) groups is 1. The number of nitrogens with zero attached hydrogens (tertiary/aromatic N) is 1. The maximum Gasteiger partial charge on any atom is 0.338 e. The fourth-order valence-corrected chi connectivity index (χ4v) is 2.03. The Balaban J connectivity index is 3.42. The van der Waals surface area contributed by atoms with Crippen molar-refractivity contribution < 1.29 is 18.7 Å². The minimum atomic E-state index is -2.85. The third-order valence-corrected chi connectivity index (χ3v) is 2.70. The first-order valence-corrected chi connectivity index (χ1v) is 5.35. The number of aromatic nitrogens is 1. The third-order valence-electron chi connectivity index (χ3n) is 1.64. The molecule has 0 radical (unpaired) electrons. The lowest BCUT2D eigenvalue weighted by Gasteiger charge is -2.08. The second-order valence-electron chi connectivity index (χ2n) is 2.61. The molecule has 0 bridgehead atoms. The van der Waals surface area contributed by atoms with E-state index in [0.717, 1.165) is 6.07 Å². The van der Waals surface area contributed by atoms with Crippen LogP contribution in [0.3, 0.4) is 0 Å². The summed E-state index contributed by atoms with van der Waals surface area (Å²) in [5, 5.41) is 8.75. The van der Waals surface area contributed by atoms with Crippen molar-refractivity contribution in [2.24, 2.45) is 0 Å². The van der Waals surface area contributed by atoms with E-state index in [1.54, 1.807) is 22.6 Å². The molecule has 0 saturated carbocycles. The number of carboxylic acids is 1. The van der Waals surface area contributed by atoms with Gasteiger partial charge in [-0.3, -0.25) is 0 Å². The molecule has 0 atom stereocenters. The standard InChI is InChI=1S/C8H5ClF2INO2/c9-2-3-1-4(6(10)11)5(8(14)15)7(12)13-3/h1,6H,2H2,(H,14,15). The van der Waals surface area contributed by atoms with E-state index in [1.165, 1.54) is 0 Å². The van der Waals surface area contributed by atoms with Crippen LogP contribution in [0.5, 0.6) is 0 Å². The lowest BCUT2D eigenvalue weighted by Crippen LogP contribution is -2.09. The molecule has 82 valence electrons. The molecular formula is C8H5ClF2INO2. The van der Waals surface area contributed by atoms with Crippen LogP contribution < -0.4 is 0 Å². The average molecular weight is 347 g/mol. The lowest BCUT2D eigenvalue weighted by molar-refractivity contribution is 0.0682. The Morgan fingerprint density at radius 1 is 1.67 bits per heavy atom. The molecule has 0 spiro atoms. The zero-order valence-corrected chi connectivity index (χ0v) is 10.1. The molecule has 7 heteroatoms. The van der Waals surface area contributed by atoms with Gasteiger partial charge < -0.3 is 5.11 Å². The molecule has 1 rings (SSSR count). The average Bonchev–Trinajstić information content (AvgIpc) is 2.15. The summed E-state index contributed by atoms with van der Waals surface area (Å²) in [4.78, 5) is 14.5. The normalized spacial score (nSPS) is 10.7. The van der Waals surface area contributed by atoms with Crippen molar-refractivity contribution >= 4 is 40.2 Å². The summed E-state index contributed by atoms with van der Waals surface area (Å²) < 4.78 is 25.1. The van der Waals surface area contributed by atoms with Gasteiger partial charge in [0, 0.05) is 5.56 Å². The molecule has 0 aliphatic carbocycles. The van der Waals surface area contributed by atoms with E-state index in [2.05, 4.69) is 4.98 Å². The molecular weight excluding hydrogens is 342 g/mol. The number of halogens is 4. The molecule has 0 aliphatic rings. The Morgan fingerprint density at radius 2 is 2.27 bits per heavy atom. The van der Waals surface area contributed by atoms with Crippen LogP contribution in [0.15, 0.2) is 6.07 Å². The monoisotopic (exact) mass is 347 g/mol. The molecule has 0 fully saturated rings. The van der Waals surface area contributed by atoms with Crippen molar-refractivity contribution in [2.75, 3.05) is 0 Å². The molecule has 1 aromatic heterocycles. The predicted octanol–water partition coefficient (Wildman–Crippen LogP) is 3.06. The highest BCUT2D eigenvalue weighted by Crippen LogP contribution is 2.27. The summed E-state index contributed by atoms with van der Waals surface area (Å²) in [6, 6.07) is 1.02. The van der Waals surface area contributed by atoms with Gasteiger partial charge in [0.25, 0.3) is 6.43 Å². The molecule has 1 heterocycles. The van der Waals surface area contributed by atoms with Gasteiger partial charge in [-0.25, -0.2) is 18.6 Å². The molecule has 15 heavy (non-hydrogen) atoms. The van der Waals surface area contributed by atoms with Gasteiger partial charge in [-0.15, -0.1) is 11.6 Å². The summed E-state index contributed by atoms with van der Waals surface area (Å²) >= 11 is 7.05. The van der Waals surface area contributed by atoms with Gasteiger partial charge >= 0.3 is 5.97 Å². The predicted molar refractivity (Wildman–Crippen MR) is 58.4 cm³/mol. The van der Waals surface area contributed by atoms with E-state index >= 15 is 0 Å². The maximum absolute atomic E-state index is 12.5. The molecule has 1 aromatic rings. The van der Waals surface area contributed by atoms with Gasteiger partial charge in [0.1, 0.15) is 9.26 Å². The van der Waals surface area contributed by atoms with Crippen molar-refractivity contribution in [1.82, 2.24) is 4.98 Å². The SMILES string of the molecule is O=C(O)c1c(C(F)F)cc(CCl)nc1I. The van der Waals surface area contributed by atoms with Crippen LogP contribution in [0.25, 0.3) is 0 Å². The van der Waals surface area contributed by atoms with E-state index in [9.17, 15) is 13.6 Å². The van der Waals surface area contributed by atoms with Crippen molar-refractivity contribution in [3.63, 3.8) is 0 Å². The largest absolute Gasteiger partial charge is 0.478 e. The summed E-state index contributed by atoms with van der Waals surface area (Å²) in [7, 11) is 0. The fraction of sp³-hybridized carbons (Fsp3) is 0.250. The van der Waals surface area contributed by atoms with Crippen molar-refractivity contribution in [2.45, 2.75) is 12.3 Å². The van der Waals surface area contributed by atoms with Gasteiger partial charge in [-0.2, -0.15) is 0 Å². The first-order chi connectivity index (χ1) is 6.97. The zero-order chi connectivity index (χ0) is 11.6. The van der Waals surface area contributed by atoms with E-state index in [4.69, 9.17) is 16.7 Å². The first-order valence-electron chi connectivity index (χ1n) is 3.74. The molecule has 0 amide bonds. The van der Waals surface area contributed by atoms with E-state index in [1.807, 2.05) is 0 Å². The highest BCUT2D eigenvalue weighted by molar-refractivity contribution is 14.1. The maximum atomic E-state index is 12.5. The highest BCUT2D eigenvalue weighted by Gasteiger charge is 2.22. The topological polar surface area (TPSA) is 50.2 Å². The summed E-state index contributed by atoms with van der Waals surface area (Å²) in [5.74, 6) is -1.45. The Kier molecular flexibility index (Phi) is 4.21. The Hall–Kier alpha value is -0.500. The molecule has 3 nitrogen and oxygen atoms in total. The van der Waals surface area contributed by atoms with Gasteiger partial charge in [0.2, 0.25) is 0 Å². The lowest BCUT2D eigenvalue weighted by atomic mass is 10.1. The van der Waals surface area contributed by atoms with Gasteiger partial charge in [-0.1, -0.05) is 0 Å². The van der Waals surface area contributed by atoms with Crippen LogP contribution in [-0.2, 0) is 5.88 Å². The zero-order valence-electron chi connectivity index (χ0n) is 7.18. The van der Waals surface area contributed by atoms with Crippen LogP contribution in [0.2, 0.25) is 0 Å². The minimum Gasteiger partial charge on any atom is -0.478 e. The van der Waals surface area contributed by atoms with E-state index in [0.29, 0.717) is 0 Å². The number of alkyl halides is 3. The third kappa shape index (κ3) is 2.75. The quantitative estimate of drug-likeness (QED) is 0.519. The van der Waals surface area contributed by atoms with Crippen LogP contribution in [0.4, 0.5) is 8.78 Å². The summed E-state index contributed by atoms with van der Waals surface area (Å²) in [6.45, 7) is 0. The van der Waals surface area contributed by atoms with E-state index < -0.39 is 23.5 Å². The molecule has 0 aliphatic heterocycles. The van der Waals surface area contributed by atoms with Gasteiger partial charge in [0.05, 0.1) is 11.6 Å². The van der Waals surface area contributed by atoms with Crippen molar-refractivity contribution in [3.05, 3.63) is 26.6 Å². The molecule has 0 unspecified atom stereocenters. The number of aromatic carboxylic acids is 1. The smallest absolute Gasteiger partial charge is 0.338 e. The second kappa shape index (κ2) is 5.02. The second-order valence-corrected chi connectivity index (χ2v) is 3.90. The van der Waals surface area contributed by atoms with Crippen LogP contribution in [-0.4, -0.2) is 16.1 Å². The summed E-state index contributed by atoms with van der Waals surface area (Å²) in [5.41, 5.74) is -0.765. The fourth-order valence-electron chi connectivity index (χ4n) is 1.04. The molecule has 0 aromatic carbocycles. The van der Waals surface area contributed by atoms with Crippen molar-refractivity contribution in [1.29, 1.82) is 0 Å². The molecule has 1 N–H and O–H groups in total. The van der Waals surface area contributed by atoms with Crippen LogP contribution >= 0.6 is 34.2 Å². The number of pyridine rings is 1. The Morgan fingerprint density at radius 3 is 2.67 bits per heavy atom. The van der Waals surface area contributed by atoms with E-state index in [-0.39, 0.29) is 15.3 Å². The highest BCUT2D eigenvalue weighted by atomic mass is 127. The number of rotatable bonds is 3. The minimum absolute atomic E-state index is 0.0218. The summed E-state index contributed by atoms with van der Waals surface area (Å²) in [6.07, 6.45) is -2.85. The van der Waals surface area contributed by atoms with Gasteiger partial charge in [0.15, 0.2) is 0 Å². The number of carboxylic acid groups (broad SMARTS) is 1. The van der Waals surface area contributed by atoms with Crippen LogP contribution in [0.1, 0.15) is 28.0 Å². The number of hydrogen-bond donors (Lipinski definition) is 1. The van der Waals surface area contributed by atoms with Crippen LogP contribution in [0, 0.1) is 3.70 Å². The Labute approximate surface area is 103 Å².